The molecule has 1 aromatic heterocycles. The zero-order chi connectivity index (χ0) is 17.1. The van der Waals surface area contributed by atoms with Gasteiger partial charge in [0.2, 0.25) is 0 Å². The van der Waals surface area contributed by atoms with E-state index in [9.17, 15) is 0 Å². The highest BCUT2D eigenvalue weighted by molar-refractivity contribution is 14.0. The Bertz CT molecular complexity index is 890. The summed E-state index contributed by atoms with van der Waals surface area (Å²) in [5, 5.41) is 11.7. The molecular formula is C19H21IN6. The maximum atomic E-state index is 4.44. The Morgan fingerprint density at radius 1 is 1.12 bits per heavy atom. The van der Waals surface area contributed by atoms with Gasteiger partial charge in [-0.3, -0.25) is 9.56 Å². The number of para-hydroxylation sites is 2. The van der Waals surface area contributed by atoms with Gasteiger partial charge in [0.05, 0.1) is 6.54 Å². The van der Waals surface area contributed by atoms with Crippen molar-refractivity contribution in [1.82, 2.24) is 20.1 Å². The summed E-state index contributed by atoms with van der Waals surface area (Å²) >= 11 is 0. The van der Waals surface area contributed by atoms with Crippen molar-refractivity contribution >= 4 is 35.6 Å². The van der Waals surface area contributed by atoms with Gasteiger partial charge in [0, 0.05) is 25.0 Å². The summed E-state index contributed by atoms with van der Waals surface area (Å²) in [6.45, 7) is 1.49. The zero-order valence-corrected chi connectivity index (χ0v) is 16.9. The quantitative estimate of drug-likeness (QED) is 0.371. The SMILES string of the molecule is CN=C(NCc1nncn1-c1ccccc1)N1CCc2ccccc21.I. The first kappa shape index (κ1) is 18.4. The number of aromatic nitrogens is 3. The number of aliphatic imine (C=N–C) groups is 1. The minimum atomic E-state index is 0. The van der Waals surface area contributed by atoms with E-state index in [1.807, 2.05) is 41.9 Å². The Hall–Kier alpha value is -2.42. The van der Waals surface area contributed by atoms with E-state index in [0.29, 0.717) is 6.54 Å². The van der Waals surface area contributed by atoms with Gasteiger partial charge >= 0.3 is 0 Å². The fourth-order valence-electron chi connectivity index (χ4n) is 3.20. The van der Waals surface area contributed by atoms with E-state index in [1.54, 1.807) is 6.33 Å². The number of hydrogen-bond donors (Lipinski definition) is 1. The highest BCUT2D eigenvalue weighted by atomic mass is 127. The summed E-state index contributed by atoms with van der Waals surface area (Å²) in [5.41, 5.74) is 3.63. The predicted octanol–water partition coefficient (Wildman–Crippen LogP) is 3.02. The first-order chi connectivity index (χ1) is 12.4. The number of nitrogens with zero attached hydrogens (tertiary/aromatic N) is 5. The van der Waals surface area contributed by atoms with Gasteiger partial charge < -0.3 is 10.2 Å². The molecule has 0 saturated heterocycles. The van der Waals surface area contributed by atoms with Crippen molar-refractivity contribution in [2.75, 3.05) is 18.5 Å². The Balaban J connectivity index is 0.00000196. The van der Waals surface area contributed by atoms with Crippen LogP contribution < -0.4 is 10.2 Å². The molecule has 2 aromatic carbocycles. The second kappa shape index (κ2) is 8.31. The summed E-state index contributed by atoms with van der Waals surface area (Å²) in [6.07, 6.45) is 2.78. The van der Waals surface area contributed by atoms with E-state index in [2.05, 4.69) is 49.7 Å². The molecule has 1 aliphatic rings. The van der Waals surface area contributed by atoms with Crippen molar-refractivity contribution in [3.05, 3.63) is 72.3 Å². The number of rotatable bonds is 3. The molecular weight excluding hydrogens is 439 g/mol. The van der Waals surface area contributed by atoms with Crippen LogP contribution >= 0.6 is 24.0 Å². The normalized spacial score (nSPS) is 13.3. The van der Waals surface area contributed by atoms with Crippen LogP contribution in [0.4, 0.5) is 5.69 Å². The Kier molecular flexibility index (Phi) is 5.87. The fraction of sp³-hybridized carbons (Fsp3) is 0.211. The molecule has 0 bridgehead atoms. The van der Waals surface area contributed by atoms with E-state index < -0.39 is 0 Å². The van der Waals surface area contributed by atoms with Gasteiger partial charge in [0.15, 0.2) is 11.8 Å². The average molecular weight is 460 g/mol. The number of benzene rings is 2. The lowest BCUT2D eigenvalue weighted by Gasteiger charge is -2.22. The molecule has 134 valence electrons. The number of fused-ring (bicyclic) bond motifs is 1. The van der Waals surface area contributed by atoms with Crippen LogP contribution in [0.25, 0.3) is 5.69 Å². The smallest absolute Gasteiger partial charge is 0.198 e. The van der Waals surface area contributed by atoms with Crippen molar-refractivity contribution in [1.29, 1.82) is 0 Å². The van der Waals surface area contributed by atoms with Gasteiger partial charge in [0.1, 0.15) is 6.33 Å². The van der Waals surface area contributed by atoms with Crippen molar-refractivity contribution in [2.45, 2.75) is 13.0 Å². The monoisotopic (exact) mass is 460 g/mol. The number of halogens is 1. The van der Waals surface area contributed by atoms with Crippen molar-refractivity contribution in [3.63, 3.8) is 0 Å². The lowest BCUT2D eigenvalue weighted by molar-refractivity contribution is 0.777. The maximum absolute atomic E-state index is 4.44. The second-order valence-electron chi connectivity index (χ2n) is 5.88. The van der Waals surface area contributed by atoms with Crippen molar-refractivity contribution in [2.24, 2.45) is 4.99 Å². The van der Waals surface area contributed by atoms with Crippen molar-refractivity contribution in [3.8, 4) is 5.69 Å². The van der Waals surface area contributed by atoms with E-state index >= 15 is 0 Å². The largest absolute Gasteiger partial charge is 0.349 e. The predicted molar refractivity (Wildman–Crippen MR) is 114 cm³/mol. The molecule has 0 aliphatic carbocycles. The second-order valence-corrected chi connectivity index (χ2v) is 5.88. The molecule has 4 rings (SSSR count). The third-order valence-corrected chi connectivity index (χ3v) is 4.41. The molecule has 3 aromatic rings. The Labute approximate surface area is 170 Å². The lowest BCUT2D eigenvalue weighted by atomic mass is 10.2. The van der Waals surface area contributed by atoms with Crippen LogP contribution in [0.5, 0.6) is 0 Å². The van der Waals surface area contributed by atoms with Gasteiger partial charge in [-0.15, -0.1) is 34.2 Å². The van der Waals surface area contributed by atoms with E-state index in [-0.39, 0.29) is 24.0 Å². The maximum Gasteiger partial charge on any atom is 0.198 e. The van der Waals surface area contributed by atoms with Crippen LogP contribution in [-0.4, -0.2) is 34.3 Å². The van der Waals surface area contributed by atoms with E-state index in [0.717, 1.165) is 30.4 Å². The Morgan fingerprint density at radius 3 is 2.69 bits per heavy atom. The van der Waals surface area contributed by atoms with Crippen LogP contribution in [-0.2, 0) is 13.0 Å². The molecule has 0 spiro atoms. The van der Waals surface area contributed by atoms with Crippen LogP contribution in [0.3, 0.4) is 0 Å². The molecule has 1 aliphatic heterocycles. The summed E-state index contributed by atoms with van der Waals surface area (Å²) in [6, 6.07) is 18.6. The molecule has 0 unspecified atom stereocenters. The molecule has 1 N–H and O–H groups in total. The zero-order valence-electron chi connectivity index (χ0n) is 14.5. The number of nitrogens with one attached hydrogen (secondary N) is 1. The molecule has 0 atom stereocenters. The topological polar surface area (TPSA) is 58.3 Å². The Morgan fingerprint density at radius 2 is 1.88 bits per heavy atom. The molecule has 0 radical (unpaired) electrons. The summed E-state index contributed by atoms with van der Waals surface area (Å²) in [5.74, 6) is 1.70. The minimum Gasteiger partial charge on any atom is -0.349 e. The standard InChI is InChI=1S/C19H20N6.HI/c1-20-19(24-12-11-15-7-5-6-10-17(15)24)21-13-18-23-22-14-25(18)16-8-3-2-4-9-16;/h2-10,14H,11-13H2,1H3,(H,20,21);1H. The number of hydrogen-bond acceptors (Lipinski definition) is 3. The molecule has 26 heavy (non-hydrogen) atoms. The van der Waals surface area contributed by atoms with Gasteiger partial charge in [0.25, 0.3) is 0 Å². The van der Waals surface area contributed by atoms with Gasteiger partial charge in [-0.1, -0.05) is 36.4 Å². The molecule has 0 fully saturated rings. The number of guanidine groups is 1. The van der Waals surface area contributed by atoms with Crippen LogP contribution in [0.15, 0.2) is 65.9 Å². The number of anilines is 1. The van der Waals surface area contributed by atoms with Crippen LogP contribution in [0.2, 0.25) is 0 Å². The first-order valence-electron chi connectivity index (χ1n) is 8.37. The third-order valence-electron chi connectivity index (χ3n) is 4.41. The fourth-order valence-corrected chi connectivity index (χ4v) is 3.20. The lowest BCUT2D eigenvalue weighted by Crippen LogP contribution is -2.40. The third kappa shape index (κ3) is 3.57. The minimum absolute atomic E-state index is 0. The molecule has 2 heterocycles. The molecule has 0 saturated carbocycles. The highest BCUT2D eigenvalue weighted by Gasteiger charge is 2.22. The molecule has 7 heteroatoms. The van der Waals surface area contributed by atoms with Crippen molar-refractivity contribution < 1.29 is 0 Å². The summed E-state index contributed by atoms with van der Waals surface area (Å²) in [4.78, 5) is 6.67. The van der Waals surface area contributed by atoms with Crippen LogP contribution in [0, 0.1) is 0 Å². The van der Waals surface area contributed by atoms with Crippen LogP contribution in [0.1, 0.15) is 11.4 Å². The van der Waals surface area contributed by atoms with Gasteiger partial charge in [-0.05, 0) is 30.2 Å². The molecule has 0 amide bonds. The van der Waals surface area contributed by atoms with Gasteiger partial charge in [-0.25, -0.2) is 0 Å². The summed E-state index contributed by atoms with van der Waals surface area (Å²) in [7, 11) is 1.81. The molecule has 6 nitrogen and oxygen atoms in total. The van der Waals surface area contributed by atoms with E-state index in [1.165, 1.54) is 11.3 Å². The van der Waals surface area contributed by atoms with Gasteiger partial charge in [-0.2, -0.15) is 0 Å². The first-order valence-corrected chi connectivity index (χ1v) is 8.37. The average Bonchev–Trinajstić information content (AvgIpc) is 3.30. The van der Waals surface area contributed by atoms with E-state index in [4.69, 9.17) is 0 Å². The summed E-state index contributed by atoms with van der Waals surface area (Å²) < 4.78 is 1.98. The highest BCUT2D eigenvalue weighted by Crippen LogP contribution is 2.27.